The Bertz CT molecular complexity index is 366. The van der Waals surface area contributed by atoms with Gasteiger partial charge in [0.25, 0.3) is 0 Å². The average molecular weight is 276 g/mol. The highest BCUT2D eigenvalue weighted by Crippen LogP contribution is 2.27. The number of aliphatic hydroxyl groups excluding tert-OH is 1. The van der Waals surface area contributed by atoms with Gasteiger partial charge in [0.1, 0.15) is 6.10 Å². The molecule has 0 aromatic rings. The van der Waals surface area contributed by atoms with Gasteiger partial charge in [0.15, 0.2) is 6.10 Å². The lowest BCUT2D eigenvalue weighted by Crippen LogP contribution is -2.41. The van der Waals surface area contributed by atoms with Crippen LogP contribution in [-0.4, -0.2) is 54.2 Å². The molecule has 1 aliphatic rings. The number of hydrogen-bond donors (Lipinski definition) is 1. The third-order valence-corrected chi connectivity index (χ3v) is 2.33. The van der Waals surface area contributed by atoms with Gasteiger partial charge in [-0.2, -0.15) is 0 Å². The Morgan fingerprint density at radius 1 is 0.947 bits per heavy atom. The van der Waals surface area contributed by atoms with Gasteiger partial charge in [0.05, 0.1) is 6.61 Å². The van der Waals surface area contributed by atoms with Crippen molar-refractivity contribution < 1.29 is 38.4 Å². The molecule has 8 heteroatoms. The third kappa shape index (κ3) is 4.18. The summed E-state index contributed by atoms with van der Waals surface area (Å²) in [7, 11) is 0. The fourth-order valence-corrected chi connectivity index (χ4v) is 1.75. The van der Waals surface area contributed by atoms with Crippen LogP contribution in [0.15, 0.2) is 0 Å². The molecule has 0 radical (unpaired) electrons. The van der Waals surface area contributed by atoms with Crippen LogP contribution in [0.1, 0.15) is 20.8 Å². The molecule has 1 rings (SSSR count). The average Bonchev–Trinajstić information content (AvgIpc) is 2.55. The molecule has 19 heavy (non-hydrogen) atoms. The van der Waals surface area contributed by atoms with Gasteiger partial charge in [0, 0.05) is 20.8 Å². The van der Waals surface area contributed by atoms with Gasteiger partial charge >= 0.3 is 17.9 Å². The van der Waals surface area contributed by atoms with E-state index in [0.717, 1.165) is 13.8 Å². The molecule has 0 amide bonds. The Hall–Kier alpha value is -1.67. The van der Waals surface area contributed by atoms with E-state index in [2.05, 4.69) is 0 Å². The maximum absolute atomic E-state index is 11.0. The predicted octanol–water partition coefficient (Wildman–Crippen LogP) is -0.870. The highest BCUT2D eigenvalue weighted by molar-refractivity contribution is 5.68. The predicted molar refractivity (Wildman–Crippen MR) is 58.6 cm³/mol. The van der Waals surface area contributed by atoms with Gasteiger partial charge in [-0.25, -0.2) is 0 Å². The van der Waals surface area contributed by atoms with E-state index in [1.165, 1.54) is 6.92 Å². The molecular weight excluding hydrogens is 260 g/mol. The molecule has 108 valence electrons. The second-order valence-corrected chi connectivity index (χ2v) is 3.98. The Balaban J connectivity index is 2.90. The first kappa shape index (κ1) is 15.4. The largest absolute Gasteiger partial charge is 0.455 e. The lowest BCUT2D eigenvalue weighted by atomic mass is 10.1. The standard InChI is InChI=1S/C11H16O8/c1-5(13)16-9-8(4-12)19-11(18-7(3)15)10(9)17-6(2)14/h8-12H,4H2,1-3H3. The lowest BCUT2D eigenvalue weighted by molar-refractivity contribution is -0.196. The van der Waals surface area contributed by atoms with E-state index in [0.29, 0.717) is 0 Å². The number of carbonyl (C=O) groups excluding carboxylic acids is 3. The number of ether oxygens (including phenoxy) is 4. The topological polar surface area (TPSA) is 108 Å². The van der Waals surface area contributed by atoms with Crippen molar-refractivity contribution in [3.05, 3.63) is 0 Å². The number of esters is 3. The summed E-state index contributed by atoms with van der Waals surface area (Å²) in [5.41, 5.74) is 0. The maximum atomic E-state index is 11.0. The van der Waals surface area contributed by atoms with Crippen LogP contribution < -0.4 is 0 Å². The number of aliphatic hydroxyl groups is 1. The van der Waals surface area contributed by atoms with Gasteiger partial charge in [-0.05, 0) is 0 Å². The Morgan fingerprint density at radius 3 is 1.84 bits per heavy atom. The van der Waals surface area contributed by atoms with Gasteiger partial charge in [-0.3, -0.25) is 14.4 Å². The molecule has 0 aromatic carbocycles. The van der Waals surface area contributed by atoms with Crippen molar-refractivity contribution in [1.29, 1.82) is 0 Å². The second kappa shape index (κ2) is 6.48. The van der Waals surface area contributed by atoms with Crippen molar-refractivity contribution in [2.45, 2.75) is 45.4 Å². The first-order valence-electron chi connectivity index (χ1n) is 5.63. The molecule has 4 atom stereocenters. The van der Waals surface area contributed by atoms with Gasteiger partial charge in [0.2, 0.25) is 12.4 Å². The van der Waals surface area contributed by atoms with E-state index < -0.39 is 49.1 Å². The summed E-state index contributed by atoms with van der Waals surface area (Å²) in [6.07, 6.45) is -4.29. The highest BCUT2D eigenvalue weighted by atomic mass is 16.7. The monoisotopic (exact) mass is 276 g/mol. The van der Waals surface area contributed by atoms with Crippen LogP contribution in [0.4, 0.5) is 0 Å². The second-order valence-electron chi connectivity index (χ2n) is 3.98. The van der Waals surface area contributed by atoms with Crippen LogP contribution in [0.3, 0.4) is 0 Å². The van der Waals surface area contributed by atoms with Crippen molar-refractivity contribution in [1.82, 2.24) is 0 Å². The van der Waals surface area contributed by atoms with Gasteiger partial charge in [-0.1, -0.05) is 0 Å². The van der Waals surface area contributed by atoms with Crippen molar-refractivity contribution in [3.63, 3.8) is 0 Å². The van der Waals surface area contributed by atoms with Crippen LogP contribution in [-0.2, 0) is 33.3 Å². The van der Waals surface area contributed by atoms with Crippen molar-refractivity contribution in [2.75, 3.05) is 6.61 Å². The molecule has 1 heterocycles. The minimum absolute atomic E-state index is 0.479. The van der Waals surface area contributed by atoms with Crippen LogP contribution in [0.25, 0.3) is 0 Å². The molecule has 0 aliphatic carbocycles. The molecule has 1 saturated heterocycles. The van der Waals surface area contributed by atoms with E-state index in [9.17, 15) is 14.4 Å². The minimum atomic E-state index is -1.22. The zero-order valence-electron chi connectivity index (χ0n) is 10.8. The third-order valence-electron chi connectivity index (χ3n) is 2.33. The van der Waals surface area contributed by atoms with Crippen molar-refractivity contribution in [3.8, 4) is 0 Å². The van der Waals surface area contributed by atoms with E-state index >= 15 is 0 Å². The molecule has 0 saturated carbocycles. The van der Waals surface area contributed by atoms with E-state index in [-0.39, 0.29) is 0 Å². The Morgan fingerprint density at radius 2 is 1.42 bits per heavy atom. The molecule has 0 spiro atoms. The maximum Gasteiger partial charge on any atom is 0.305 e. The summed E-state index contributed by atoms with van der Waals surface area (Å²) in [5.74, 6) is -1.93. The van der Waals surface area contributed by atoms with Gasteiger partial charge in [-0.15, -0.1) is 0 Å². The molecule has 1 aliphatic heterocycles. The lowest BCUT2D eigenvalue weighted by Gasteiger charge is -2.22. The molecule has 1 N–H and O–H groups in total. The highest BCUT2D eigenvalue weighted by Gasteiger charge is 2.50. The first-order valence-corrected chi connectivity index (χ1v) is 5.63. The summed E-state index contributed by atoms with van der Waals surface area (Å²) in [5, 5.41) is 9.16. The Kier molecular flexibility index (Phi) is 5.25. The normalized spacial score (nSPS) is 29.7. The summed E-state index contributed by atoms with van der Waals surface area (Å²) in [6, 6.07) is 0. The summed E-state index contributed by atoms with van der Waals surface area (Å²) >= 11 is 0. The van der Waals surface area contributed by atoms with Gasteiger partial charge < -0.3 is 24.1 Å². The molecule has 8 nitrogen and oxygen atoms in total. The molecule has 4 unspecified atom stereocenters. The van der Waals surface area contributed by atoms with E-state index in [4.69, 9.17) is 24.1 Å². The van der Waals surface area contributed by atoms with Crippen LogP contribution in [0.5, 0.6) is 0 Å². The number of rotatable bonds is 4. The summed E-state index contributed by atoms with van der Waals surface area (Å²) < 4.78 is 19.9. The van der Waals surface area contributed by atoms with E-state index in [1.807, 2.05) is 0 Å². The zero-order valence-corrected chi connectivity index (χ0v) is 10.8. The van der Waals surface area contributed by atoms with E-state index in [1.54, 1.807) is 0 Å². The fraction of sp³-hybridized carbons (Fsp3) is 0.727. The summed E-state index contributed by atoms with van der Waals surface area (Å²) in [6.45, 7) is 3.00. The zero-order chi connectivity index (χ0) is 14.6. The van der Waals surface area contributed by atoms with Crippen LogP contribution in [0.2, 0.25) is 0 Å². The Labute approximate surface area is 109 Å². The minimum Gasteiger partial charge on any atom is -0.455 e. The van der Waals surface area contributed by atoms with Crippen LogP contribution in [0, 0.1) is 0 Å². The molecule has 0 aromatic heterocycles. The number of hydrogen-bond acceptors (Lipinski definition) is 8. The fourth-order valence-electron chi connectivity index (χ4n) is 1.75. The van der Waals surface area contributed by atoms with Crippen LogP contribution >= 0.6 is 0 Å². The molecule has 1 fully saturated rings. The van der Waals surface area contributed by atoms with Crippen molar-refractivity contribution >= 4 is 17.9 Å². The smallest absolute Gasteiger partial charge is 0.305 e. The SMILES string of the molecule is CC(=O)OC1OC(CO)C(OC(C)=O)C1OC(C)=O. The first-order chi connectivity index (χ1) is 8.85. The number of carbonyl (C=O) groups is 3. The summed E-state index contributed by atoms with van der Waals surface area (Å²) in [4.78, 5) is 33.0. The molecular formula is C11H16O8. The molecule has 0 bridgehead atoms. The van der Waals surface area contributed by atoms with Crippen molar-refractivity contribution in [2.24, 2.45) is 0 Å². The quantitative estimate of drug-likeness (QED) is 0.521.